The van der Waals surface area contributed by atoms with Gasteiger partial charge >= 0.3 is 0 Å². The number of halogens is 3. The lowest BCUT2D eigenvalue weighted by molar-refractivity contribution is 0.135. The second kappa shape index (κ2) is 10.5. The molecule has 2 aromatic carbocycles. The highest BCUT2D eigenvalue weighted by Crippen LogP contribution is 2.34. The third-order valence-corrected chi connectivity index (χ3v) is 6.25. The lowest BCUT2D eigenvalue weighted by atomic mass is 9.89. The molecule has 0 spiro atoms. The SMILES string of the molecule is CCCOCC1=CC=C(c2ccc(-c3ccc(C4=CCC(O)CC4)cc3F)cc2)C(F)C1F. The number of alkyl halides is 2. The molecule has 0 aromatic heterocycles. The largest absolute Gasteiger partial charge is 0.393 e. The van der Waals surface area contributed by atoms with Gasteiger partial charge in [0.2, 0.25) is 0 Å². The monoisotopic (exact) mass is 454 g/mol. The van der Waals surface area contributed by atoms with E-state index in [0.717, 1.165) is 24.0 Å². The Hall–Kier alpha value is -2.63. The van der Waals surface area contributed by atoms with Gasteiger partial charge in [0.15, 0.2) is 12.3 Å². The summed E-state index contributed by atoms with van der Waals surface area (Å²) in [6.07, 6.45) is 4.17. The molecule has 0 heterocycles. The van der Waals surface area contributed by atoms with Gasteiger partial charge in [-0.05, 0) is 65.2 Å². The third-order valence-electron chi connectivity index (χ3n) is 6.25. The van der Waals surface area contributed by atoms with Crippen LogP contribution in [0.15, 0.2) is 66.3 Å². The van der Waals surface area contributed by atoms with Crippen LogP contribution in [-0.2, 0) is 4.74 Å². The van der Waals surface area contributed by atoms with Crippen molar-refractivity contribution in [2.45, 2.75) is 51.1 Å². The normalized spacial score (nSPS) is 23.1. The highest BCUT2D eigenvalue weighted by Gasteiger charge is 2.31. The number of hydrogen-bond donors (Lipinski definition) is 1. The number of aliphatic hydroxyl groups excluding tert-OH is 1. The molecular weight excluding hydrogens is 425 g/mol. The molecule has 3 unspecified atom stereocenters. The first-order valence-electron chi connectivity index (χ1n) is 11.5. The van der Waals surface area contributed by atoms with Crippen LogP contribution in [0.25, 0.3) is 22.3 Å². The van der Waals surface area contributed by atoms with E-state index in [1.165, 1.54) is 6.07 Å². The fourth-order valence-corrected chi connectivity index (χ4v) is 4.32. The van der Waals surface area contributed by atoms with E-state index >= 15 is 0 Å². The fraction of sp³-hybridized carbons (Fsp3) is 0.357. The van der Waals surface area contributed by atoms with Gasteiger partial charge in [-0.15, -0.1) is 0 Å². The van der Waals surface area contributed by atoms with Crippen LogP contribution < -0.4 is 0 Å². The van der Waals surface area contributed by atoms with Crippen molar-refractivity contribution in [1.82, 2.24) is 0 Å². The quantitative estimate of drug-likeness (QED) is 0.464. The molecule has 0 amide bonds. The van der Waals surface area contributed by atoms with Crippen LogP contribution >= 0.6 is 0 Å². The Kier molecular flexibility index (Phi) is 7.51. The van der Waals surface area contributed by atoms with Gasteiger partial charge in [0.25, 0.3) is 0 Å². The summed E-state index contributed by atoms with van der Waals surface area (Å²) in [7, 11) is 0. The van der Waals surface area contributed by atoms with Crippen molar-refractivity contribution in [1.29, 1.82) is 0 Å². The smallest absolute Gasteiger partial charge is 0.161 e. The molecule has 2 aliphatic carbocycles. The van der Waals surface area contributed by atoms with Crippen LogP contribution in [0.5, 0.6) is 0 Å². The Morgan fingerprint density at radius 1 is 0.970 bits per heavy atom. The number of allylic oxidation sites excluding steroid dienone is 4. The molecule has 0 bridgehead atoms. The zero-order valence-corrected chi connectivity index (χ0v) is 18.7. The van der Waals surface area contributed by atoms with Gasteiger partial charge in [-0.25, -0.2) is 13.2 Å². The minimum Gasteiger partial charge on any atom is -0.393 e. The Bertz CT molecular complexity index is 1070. The van der Waals surface area contributed by atoms with Crippen LogP contribution in [0.2, 0.25) is 0 Å². The first kappa shape index (κ1) is 23.5. The van der Waals surface area contributed by atoms with Crippen molar-refractivity contribution >= 4 is 11.1 Å². The van der Waals surface area contributed by atoms with E-state index in [2.05, 4.69) is 0 Å². The van der Waals surface area contributed by atoms with Crippen molar-refractivity contribution in [3.8, 4) is 11.1 Å². The lowest BCUT2D eigenvalue weighted by Crippen LogP contribution is -2.26. The topological polar surface area (TPSA) is 29.5 Å². The van der Waals surface area contributed by atoms with E-state index in [4.69, 9.17) is 4.74 Å². The van der Waals surface area contributed by atoms with Gasteiger partial charge in [0.05, 0.1) is 12.7 Å². The Morgan fingerprint density at radius 3 is 2.36 bits per heavy atom. The first-order valence-corrected chi connectivity index (χ1v) is 11.5. The molecule has 0 fully saturated rings. The number of rotatable bonds is 7. The van der Waals surface area contributed by atoms with Gasteiger partial charge in [0, 0.05) is 12.2 Å². The number of hydrogen-bond acceptors (Lipinski definition) is 2. The molecule has 1 N–H and O–H groups in total. The standard InChI is InChI=1S/C28H29F3O2/c1-2-15-33-17-22-10-14-25(28(31)27(22)30)20-5-3-19(4-6-20)24-13-9-21(16-26(24)29)18-7-11-23(32)12-8-18/h3-7,9-10,13-14,16,23,27-28,32H,2,8,11-12,15,17H2,1H3. The van der Waals surface area contributed by atoms with Crippen molar-refractivity contribution in [2.24, 2.45) is 0 Å². The maximum Gasteiger partial charge on any atom is 0.161 e. The average Bonchev–Trinajstić information content (AvgIpc) is 2.83. The number of ether oxygens (including phenoxy) is 1. The Balaban J connectivity index is 1.51. The van der Waals surface area contributed by atoms with Crippen LogP contribution in [0, 0.1) is 5.82 Å². The van der Waals surface area contributed by atoms with Gasteiger partial charge in [-0.2, -0.15) is 0 Å². The summed E-state index contributed by atoms with van der Waals surface area (Å²) in [4.78, 5) is 0. The van der Waals surface area contributed by atoms with E-state index in [0.29, 0.717) is 41.7 Å². The van der Waals surface area contributed by atoms with Crippen LogP contribution in [0.4, 0.5) is 13.2 Å². The minimum absolute atomic E-state index is 0.0882. The summed E-state index contributed by atoms with van der Waals surface area (Å²) in [5.41, 5.74) is 4.15. The predicted octanol–water partition coefficient (Wildman–Crippen LogP) is 6.85. The van der Waals surface area contributed by atoms with E-state index in [1.54, 1.807) is 42.5 Å². The molecule has 0 saturated carbocycles. The minimum atomic E-state index is -1.76. The van der Waals surface area contributed by atoms with Crippen molar-refractivity contribution in [3.05, 3.63) is 83.2 Å². The molecule has 0 saturated heterocycles. The average molecular weight is 455 g/mol. The first-order chi connectivity index (χ1) is 16.0. The van der Waals surface area contributed by atoms with Crippen molar-refractivity contribution < 1.29 is 23.0 Å². The summed E-state index contributed by atoms with van der Waals surface area (Å²) >= 11 is 0. The molecule has 4 rings (SSSR count). The van der Waals surface area contributed by atoms with Crippen LogP contribution in [0.3, 0.4) is 0 Å². The molecule has 3 atom stereocenters. The van der Waals surface area contributed by atoms with Crippen LogP contribution in [0.1, 0.15) is 43.7 Å². The van der Waals surface area contributed by atoms with Gasteiger partial charge in [0.1, 0.15) is 5.82 Å². The second-order valence-electron chi connectivity index (χ2n) is 8.65. The summed E-state index contributed by atoms with van der Waals surface area (Å²) in [6.45, 7) is 2.56. The zero-order valence-electron chi connectivity index (χ0n) is 18.7. The van der Waals surface area contributed by atoms with Gasteiger partial charge in [-0.3, -0.25) is 0 Å². The Labute approximate surface area is 193 Å². The number of benzene rings is 2. The molecule has 2 aromatic rings. The molecule has 5 heteroatoms. The molecule has 33 heavy (non-hydrogen) atoms. The molecule has 2 aliphatic rings. The summed E-state index contributed by atoms with van der Waals surface area (Å²) in [6, 6.07) is 12.0. The van der Waals surface area contributed by atoms with Gasteiger partial charge in [-0.1, -0.05) is 61.5 Å². The summed E-state index contributed by atoms with van der Waals surface area (Å²) in [5, 5.41) is 9.65. The summed E-state index contributed by atoms with van der Waals surface area (Å²) < 4.78 is 49.6. The molecule has 0 radical (unpaired) electrons. The van der Waals surface area contributed by atoms with Gasteiger partial charge < -0.3 is 9.84 Å². The molecule has 174 valence electrons. The summed E-state index contributed by atoms with van der Waals surface area (Å²) in [5.74, 6) is -0.337. The van der Waals surface area contributed by atoms with E-state index < -0.39 is 12.3 Å². The van der Waals surface area contributed by atoms with Crippen molar-refractivity contribution in [3.63, 3.8) is 0 Å². The maximum absolute atomic E-state index is 14.9. The lowest BCUT2D eigenvalue weighted by Gasteiger charge is -2.23. The van der Waals surface area contributed by atoms with E-state index in [1.807, 2.05) is 19.1 Å². The second-order valence-corrected chi connectivity index (χ2v) is 8.65. The Morgan fingerprint density at radius 2 is 1.70 bits per heavy atom. The molecular formula is C28H29F3O2. The van der Waals surface area contributed by atoms with E-state index in [-0.39, 0.29) is 24.1 Å². The maximum atomic E-state index is 14.9. The molecule has 0 aliphatic heterocycles. The van der Waals surface area contributed by atoms with E-state index in [9.17, 15) is 18.3 Å². The number of aliphatic hydroxyl groups is 1. The highest BCUT2D eigenvalue weighted by atomic mass is 19.2. The fourth-order valence-electron chi connectivity index (χ4n) is 4.32. The zero-order chi connectivity index (χ0) is 23.4. The third kappa shape index (κ3) is 5.31. The predicted molar refractivity (Wildman–Crippen MR) is 127 cm³/mol. The highest BCUT2D eigenvalue weighted by molar-refractivity contribution is 5.76. The molecule has 2 nitrogen and oxygen atoms in total. The van der Waals surface area contributed by atoms with Crippen molar-refractivity contribution in [2.75, 3.05) is 13.2 Å². The van der Waals surface area contributed by atoms with Crippen LogP contribution in [-0.4, -0.2) is 36.8 Å².